The molecule has 4 aromatic rings. The van der Waals surface area contributed by atoms with Crippen molar-refractivity contribution < 1.29 is 19.2 Å². The number of phenols is 1. The molecule has 0 radical (unpaired) electrons. The van der Waals surface area contributed by atoms with Crippen molar-refractivity contribution in [3.05, 3.63) is 70.1 Å². The molecule has 1 amide bonds. The molecule has 2 aromatic carbocycles. The molecule has 0 aliphatic heterocycles. The summed E-state index contributed by atoms with van der Waals surface area (Å²) in [6.45, 7) is 0.215. The van der Waals surface area contributed by atoms with Crippen LogP contribution in [0.25, 0.3) is 21.3 Å². The number of non-ortho nitro benzene ring substituents is 1. The lowest BCUT2D eigenvalue weighted by Gasteiger charge is -2.10. The predicted octanol–water partition coefficient (Wildman–Crippen LogP) is 4.55. The smallest absolute Gasteiger partial charge is 0.271 e. The van der Waals surface area contributed by atoms with Gasteiger partial charge in [0, 0.05) is 36.0 Å². The van der Waals surface area contributed by atoms with Crippen LogP contribution in [0.3, 0.4) is 0 Å². The molecule has 0 fully saturated rings. The average molecular weight is 453 g/mol. The fourth-order valence-electron chi connectivity index (χ4n) is 3.10. The highest BCUT2D eigenvalue weighted by atomic mass is 32.1. The van der Waals surface area contributed by atoms with Gasteiger partial charge >= 0.3 is 0 Å². The third-order valence-corrected chi connectivity index (χ3v) is 5.52. The number of carbonyl (C=O) groups is 1. The number of benzene rings is 2. The first kappa shape index (κ1) is 21.1. The van der Waals surface area contributed by atoms with Crippen LogP contribution in [-0.2, 0) is 4.79 Å². The molecule has 11 heteroatoms. The first-order valence-corrected chi connectivity index (χ1v) is 10.3. The van der Waals surface area contributed by atoms with E-state index in [9.17, 15) is 24.4 Å². The molecule has 2 aromatic heterocycles. The number of hydrogen-bond donors (Lipinski definition) is 3. The first-order chi connectivity index (χ1) is 15.4. The van der Waals surface area contributed by atoms with Gasteiger partial charge in [0.05, 0.1) is 16.0 Å². The SMILES string of the molecule is O=C(CCNc1ncnc2scc(-c3ccc(F)cc3)c12)Nc1cc([N+](=O)[O-])ccc1O. The number of hydrogen-bond acceptors (Lipinski definition) is 8. The maximum atomic E-state index is 13.3. The summed E-state index contributed by atoms with van der Waals surface area (Å²) in [6, 6.07) is 9.49. The van der Waals surface area contributed by atoms with Crippen molar-refractivity contribution in [3.8, 4) is 16.9 Å². The summed E-state index contributed by atoms with van der Waals surface area (Å²) in [7, 11) is 0. The highest BCUT2D eigenvalue weighted by molar-refractivity contribution is 7.17. The Morgan fingerprint density at radius 2 is 1.97 bits per heavy atom. The van der Waals surface area contributed by atoms with Crippen molar-refractivity contribution in [1.29, 1.82) is 0 Å². The highest BCUT2D eigenvalue weighted by Crippen LogP contribution is 2.36. The number of anilines is 2. The monoisotopic (exact) mass is 453 g/mol. The zero-order valence-corrected chi connectivity index (χ0v) is 17.2. The molecule has 0 unspecified atom stereocenters. The second-order valence-corrected chi connectivity index (χ2v) is 7.60. The van der Waals surface area contributed by atoms with Gasteiger partial charge in [0.25, 0.3) is 5.69 Å². The van der Waals surface area contributed by atoms with Crippen LogP contribution in [0.1, 0.15) is 6.42 Å². The van der Waals surface area contributed by atoms with Crippen molar-refractivity contribution >= 4 is 44.7 Å². The molecule has 0 bridgehead atoms. The van der Waals surface area contributed by atoms with Gasteiger partial charge in [-0.3, -0.25) is 14.9 Å². The number of amides is 1. The lowest BCUT2D eigenvalue weighted by atomic mass is 10.1. The van der Waals surface area contributed by atoms with Gasteiger partial charge in [-0.1, -0.05) is 12.1 Å². The van der Waals surface area contributed by atoms with Crippen LogP contribution < -0.4 is 10.6 Å². The van der Waals surface area contributed by atoms with Gasteiger partial charge in [-0.25, -0.2) is 14.4 Å². The van der Waals surface area contributed by atoms with Gasteiger partial charge in [0.15, 0.2) is 0 Å². The Hall–Kier alpha value is -4.12. The van der Waals surface area contributed by atoms with Gasteiger partial charge in [-0.15, -0.1) is 11.3 Å². The van der Waals surface area contributed by atoms with Crippen LogP contribution in [0.15, 0.2) is 54.2 Å². The molecular formula is C21H16FN5O4S. The maximum Gasteiger partial charge on any atom is 0.271 e. The number of phenolic OH excluding ortho intramolecular Hbond substituents is 1. The third kappa shape index (κ3) is 4.47. The molecule has 32 heavy (non-hydrogen) atoms. The number of nitrogens with one attached hydrogen (secondary N) is 2. The summed E-state index contributed by atoms with van der Waals surface area (Å²) in [6.07, 6.45) is 1.43. The van der Waals surface area contributed by atoms with E-state index in [1.54, 1.807) is 12.1 Å². The summed E-state index contributed by atoms with van der Waals surface area (Å²) in [4.78, 5) is 31.8. The minimum Gasteiger partial charge on any atom is -0.506 e. The number of aromatic nitrogens is 2. The molecule has 0 saturated heterocycles. The summed E-state index contributed by atoms with van der Waals surface area (Å²) in [5.74, 6) is -0.510. The van der Waals surface area contributed by atoms with Crippen molar-refractivity contribution in [2.75, 3.05) is 17.2 Å². The Bertz CT molecular complexity index is 1310. The van der Waals surface area contributed by atoms with E-state index in [0.29, 0.717) is 5.82 Å². The van der Waals surface area contributed by atoms with Crippen LogP contribution in [0.4, 0.5) is 21.6 Å². The lowest BCUT2D eigenvalue weighted by Crippen LogP contribution is -2.17. The largest absolute Gasteiger partial charge is 0.506 e. The topological polar surface area (TPSA) is 130 Å². The van der Waals surface area contributed by atoms with Crippen molar-refractivity contribution in [2.24, 2.45) is 0 Å². The van der Waals surface area contributed by atoms with Crippen LogP contribution in [0.5, 0.6) is 5.75 Å². The number of aromatic hydroxyl groups is 1. The standard InChI is InChI=1S/C21H16FN5O4S/c22-13-3-1-12(2-4-13)15-10-32-21-19(15)20(24-11-25-21)23-8-7-18(29)26-16-9-14(27(30)31)5-6-17(16)28/h1-6,9-11,28H,7-8H2,(H,26,29)(H,23,24,25). The number of thiophene rings is 1. The molecule has 0 saturated carbocycles. The molecule has 0 atom stereocenters. The van der Waals surface area contributed by atoms with Crippen molar-refractivity contribution in [1.82, 2.24) is 9.97 Å². The molecule has 0 aliphatic rings. The van der Waals surface area contributed by atoms with E-state index in [4.69, 9.17) is 0 Å². The molecule has 0 aliphatic carbocycles. The van der Waals surface area contributed by atoms with E-state index in [-0.39, 0.29) is 35.9 Å². The van der Waals surface area contributed by atoms with Crippen LogP contribution in [0.2, 0.25) is 0 Å². The van der Waals surface area contributed by atoms with E-state index < -0.39 is 10.8 Å². The molecular weight excluding hydrogens is 437 g/mol. The number of nitrogens with zero attached hydrogens (tertiary/aromatic N) is 3. The molecule has 9 nitrogen and oxygen atoms in total. The summed E-state index contributed by atoms with van der Waals surface area (Å²) in [5, 5.41) is 29.0. The number of nitro benzene ring substituents is 1. The second kappa shape index (κ2) is 8.94. The highest BCUT2D eigenvalue weighted by Gasteiger charge is 2.15. The lowest BCUT2D eigenvalue weighted by molar-refractivity contribution is -0.384. The summed E-state index contributed by atoms with van der Waals surface area (Å²) >= 11 is 1.43. The average Bonchev–Trinajstić information content (AvgIpc) is 3.21. The van der Waals surface area contributed by atoms with E-state index >= 15 is 0 Å². The third-order valence-electron chi connectivity index (χ3n) is 4.64. The van der Waals surface area contributed by atoms with Gasteiger partial charge < -0.3 is 15.7 Å². The van der Waals surface area contributed by atoms with E-state index in [2.05, 4.69) is 20.6 Å². The Kier molecular flexibility index (Phi) is 5.90. The van der Waals surface area contributed by atoms with Crippen LogP contribution in [-0.4, -0.2) is 32.4 Å². The van der Waals surface area contributed by atoms with Gasteiger partial charge in [-0.05, 0) is 23.8 Å². The first-order valence-electron chi connectivity index (χ1n) is 9.41. The number of fused-ring (bicyclic) bond motifs is 1. The second-order valence-electron chi connectivity index (χ2n) is 6.74. The van der Waals surface area contributed by atoms with Crippen LogP contribution in [0, 0.1) is 15.9 Å². The number of nitro groups is 1. The normalized spacial score (nSPS) is 10.8. The van der Waals surface area contributed by atoms with E-state index in [0.717, 1.165) is 39.5 Å². The molecule has 4 rings (SSSR count). The molecule has 2 heterocycles. The Labute approximate surface area is 184 Å². The van der Waals surface area contributed by atoms with Gasteiger partial charge in [0.1, 0.15) is 28.5 Å². The quantitative estimate of drug-likeness (QED) is 0.213. The van der Waals surface area contributed by atoms with E-state index in [1.807, 2.05) is 5.38 Å². The molecule has 162 valence electrons. The van der Waals surface area contributed by atoms with Crippen molar-refractivity contribution in [2.45, 2.75) is 6.42 Å². The fourth-order valence-corrected chi connectivity index (χ4v) is 4.01. The predicted molar refractivity (Wildman–Crippen MR) is 119 cm³/mol. The number of carbonyl (C=O) groups excluding carboxylic acids is 1. The Morgan fingerprint density at radius 1 is 1.19 bits per heavy atom. The molecule has 0 spiro atoms. The van der Waals surface area contributed by atoms with E-state index in [1.165, 1.54) is 29.8 Å². The number of halogens is 1. The summed E-state index contributed by atoms with van der Waals surface area (Å²) < 4.78 is 13.3. The van der Waals surface area contributed by atoms with Gasteiger partial charge in [-0.2, -0.15) is 0 Å². The fraction of sp³-hybridized carbons (Fsp3) is 0.0952. The summed E-state index contributed by atoms with van der Waals surface area (Å²) in [5.41, 5.74) is 1.38. The van der Waals surface area contributed by atoms with Gasteiger partial charge in [0.2, 0.25) is 5.91 Å². The minimum absolute atomic E-state index is 0.0175. The maximum absolute atomic E-state index is 13.3. The Balaban J connectivity index is 1.46. The molecule has 3 N–H and O–H groups in total. The zero-order valence-electron chi connectivity index (χ0n) is 16.4. The Morgan fingerprint density at radius 3 is 2.72 bits per heavy atom. The van der Waals surface area contributed by atoms with Crippen LogP contribution >= 0.6 is 11.3 Å². The minimum atomic E-state index is -0.615. The number of rotatable bonds is 7. The van der Waals surface area contributed by atoms with Crippen molar-refractivity contribution in [3.63, 3.8) is 0 Å². The zero-order chi connectivity index (χ0) is 22.7.